The van der Waals surface area contributed by atoms with E-state index in [4.69, 9.17) is 5.26 Å². The SMILES string of the molecule is Cc1ccc(C(=O)Nc2ccc(CN3CCN(C)CC3)c(C(F)(F)F)c2)cc1C#Cc1cnc(/C=C\C#N)[nH]1. The lowest BCUT2D eigenvalue weighted by atomic mass is 10.0. The highest BCUT2D eigenvalue weighted by Crippen LogP contribution is 2.34. The second-order valence-corrected chi connectivity index (χ2v) is 9.33. The van der Waals surface area contributed by atoms with Gasteiger partial charge in [0.25, 0.3) is 5.91 Å². The van der Waals surface area contributed by atoms with Crippen LogP contribution in [0.1, 0.15) is 44.1 Å². The van der Waals surface area contributed by atoms with Gasteiger partial charge >= 0.3 is 6.18 Å². The number of allylic oxidation sites excluding steroid dienone is 1. The van der Waals surface area contributed by atoms with Gasteiger partial charge in [-0.3, -0.25) is 9.69 Å². The number of piperazine rings is 1. The normalized spacial score (nSPS) is 14.6. The maximum absolute atomic E-state index is 13.9. The van der Waals surface area contributed by atoms with E-state index in [1.165, 1.54) is 30.5 Å². The van der Waals surface area contributed by atoms with Crippen LogP contribution in [-0.4, -0.2) is 58.9 Å². The summed E-state index contributed by atoms with van der Waals surface area (Å²) in [5, 5.41) is 11.2. The van der Waals surface area contributed by atoms with E-state index in [-0.39, 0.29) is 23.4 Å². The van der Waals surface area contributed by atoms with Crippen molar-refractivity contribution in [1.29, 1.82) is 5.26 Å². The Kier molecular flexibility index (Phi) is 8.50. The first-order chi connectivity index (χ1) is 18.6. The van der Waals surface area contributed by atoms with Crippen molar-refractivity contribution in [3.8, 4) is 17.9 Å². The van der Waals surface area contributed by atoms with E-state index in [1.807, 2.05) is 24.9 Å². The summed E-state index contributed by atoms with van der Waals surface area (Å²) in [7, 11) is 1.99. The molecule has 1 aliphatic heterocycles. The number of carbonyl (C=O) groups is 1. The second-order valence-electron chi connectivity index (χ2n) is 9.33. The number of imidazole rings is 1. The van der Waals surface area contributed by atoms with Gasteiger partial charge in [-0.05, 0) is 61.4 Å². The minimum atomic E-state index is -4.55. The zero-order chi connectivity index (χ0) is 28.0. The van der Waals surface area contributed by atoms with Gasteiger partial charge in [-0.1, -0.05) is 18.1 Å². The Balaban J connectivity index is 1.51. The molecule has 200 valence electrons. The third-order valence-corrected chi connectivity index (χ3v) is 6.41. The Morgan fingerprint density at radius 2 is 1.92 bits per heavy atom. The topological polar surface area (TPSA) is 88.1 Å². The monoisotopic (exact) mass is 532 g/mol. The maximum Gasteiger partial charge on any atom is 0.416 e. The highest BCUT2D eigenvalue weighted by Gasteiger charge is 2.34. The number of anilines is 1. The lowest BCUT2D eigenvalue weighted by Crippen LogP contribution is -2.44. The molecule has 2 heterocycles. The molecule has 2 aromatic carbocycles. The number of nitrogens with zero attached hydrogens (tertiary/aromatic N) is 4. The first-order valence-corrected chi connectivity index (χ1v) is 12.3. The van der Waals surface area contributed by atoms with Crippen LogP contribution in [-0.2, 0) is 12.7 Å². The van der Waals surface area contributed by atoms with Gasteiger partial charge in [0.15, 0.2) is 0 Å². The number of aryl methyl sites for hydroxylation is 1. The number of amides is 1. The number of alkyl halides is 3. The van der Waals surface area contributed by atoms with E-state index < -0.39 is 17.6 Å². The average molecular weight is 533 g/mol. The molecule has 0 saturated carbocycles. The van der Waals surface area contributed by atoms with E-state index in [9.17, 15) is 18.0 Å². The van der Waals surface area contributed by atoms with Gasteiger partial charge in [0.05, 0.1) is 17.8 Å². The number of rotatable bonds is 5. The fourth-order valence-electron chi connectivity index (χ4n) is 4.14. The molecule has 2 N–H and O–H groups in total. The Labute approximate surface area is 225 Å². The molecule has 10 heteroatoms. The molecule has 4 rings (SSSR count). The summed E-state index contributed by atoms with van der Waals surface area (Å²) in [5.74, 6) is 5.87. The summed E-state index contributed by atoms with van der Waals surface area (Å²) in [6, 6.07) is 10.7. The molecule has 0 atom stereocenters. The molecule has 0 aliphatic carbocycles. The van der Waals surface area contributed by atoms with E-state index in [0.717, 1.165) is 24.7 Å². The van der Waals surface area contributed by atoms with Gasteiger partial charge in [0.2, 0.25) is 0 Å². The minimum Gasteiger partial charge on any atom is -0.332 e. The summed E-state index contributed by atoms with van der Waals surface area (Å²) in [6.07, 6.45) is -0.209. The fourth-order valence-corrected chi connectivity index (χ4v) is 4.14. The molecule has 1 fully saturated rings. The lowest BCUT2D eigenvalue weighted by molar-refractivity contribution is -0.138. The summed E-state index contributed by atoms with van der Waals surface area (Å²) in [4.78, 5) is 24.2. The van der Waals surface area contributed by atoms with Crippen molar-refractivity contribution in [2.45, 2.75) is 19.6 Å². The average Bonchev–Trinajstić information content (AvgIpc) is 3.36. The molecule has 1 saturated heterocycles. The second kappa shape index (κ2) is 12.0. The maximum atomic E-state index is 13.9. The zero-order valence-electron chi connectivity index (χ0n) is 21.6. The summed E-state index contributed by atoms with van der Waals surface area (Å²) in [6.45, 7) is 5.05. The summed E-state index contributed by atoms with van der Waals surface area (Å²) >= 11 is 0. The van der Waals surface area contributed by atoms with Crippen LogP contribution in [0.4, 0.5) is 18.9 Å². The number of nitrogens with one attached hydrogen (secondary N) is 2. The number of nitriles is 1. The van der Waals surface area contributed by atoms with Crippen molar-refractivity contribution in [3.05, 3.63) is 88.0 Å². The van der Waals surface area contributed by atoms with Gasteiger partial charge in [-0.2, -0.15) is 18.4 Å². The molecule has 3 aromatic rings. The number of aromatic amines is 1. The zero-order valence-corrected chi connectivity index (χ0v) is 21.6. The number of hydrogen-bond acceptors (Lipinski definition) is 5. The van der Waals surface area contributed by atoms with Crippen LogP contribution in [0.15, 0.2) is 48.7 Å². The fraction of sp³-hybridized carbons (Fsp3) is 0.276. The number of hydrogen-bond donors (Lipinski definition) is 2. The van der Waals surface area contributed by atoms with Gasteiger partial charge < -0.3 is 15.2 Å². The molecule has 0 unspecified atom stereocenters. The molecule has 1 aliphatic rings. The molecule has 7 nitrogen and oxygen atoms in total. The van der Waals surface area contributed by atoms with E-state index >= 15 is 0 Å². The van der Waals surface area contributed by atoms with Crippen molar-refractivity contribution >= 4 is 17.7 Å². The number of carbonyl (C=O) groups excluding carboxylic acids is 1. The van der Waals surface area contributed by atoms with Crippen LogP contribution in [0.2, 0.25) is 0 Å². The predicted molar refractivity (Wildman–Crippen MR) is 143 cm³/mol. The molecule has 0 bridgehead atoms. The number of likely N-dealkylation sites (N-methyl/N-ethyl adjacent to an activating group) is 1. The van der Waals surface area contributed by atoms with Crippen LogP contribution in [0.25, 0.3) is 6.08 Å². The molecule has 0 radical (unpaired) electrons. The van der Waals surface area contributed by atoms with E-state index in [1.54, 1.807) is 18.2 Å². The van der Waals surface area contributed by atoms with Crippen LogP contribution in [0.5, 0.6) is 0 Å². The van der Waals surface area contributed by atoms with Crippen molar-refractivity contribution in [1.82, 2.24) is 19.8 Å². The Bertz CT molecular complexity index is 1480. The van der Waals surface area contributed by atoms with Crippen LogP contribution >= 0.6 is 0 Å². The van der Waals surface area contributed by atoms with Crippen LogP contribution in [0.3, 0.4) is 0 Å². The summed E-state index contributed by atoms with van der Waals surface area (Å²) in [5.41, 5.74) is 1.71. The third kappa shape index (κ3) is 7.35. The van der Waals surface area contributed by atoms with Crippen molar-refractivity contribution in [3.63, 3.8) is 0 Å². The number of aromatic nitrogens is 2. The van der Waals surface area contributed by atoms with E-state index in [2.05, 4.69) is 32.0 Å². The first-order valence-electron chi connectivity index (χ1n) is 12.3. The van der Waals surface area contributed by atoms with Crippen LogP contribution in [0, 0.1) is 30.1 Å². The van der Waals surface area contributed by atoms with E-state index in [0.29, 0.717) is 30.2 Å². The third-order valence-electron chi connectivity index (χ3n) is 6.41. The Morgan fingerprint density at radius 1 is 1.15 bits per heavy atom. The number of halogens is 3. The quantitative estimate of drug-likeness (QED) is 0.368. The highest BCUT2D eigenvalue weighted by atomic mass is 19.4. The molecule has 0 spiro atoms. The Hall–Kier alpha value is -4.38. The molecular formula is C29H27F3N6O. The molecule has 39 heavy (non-hydrogen) atoms. The summed E-state index contributed by atoms with van der Waals surface area (Å²) < 4.78 is 41.7. The standard InChI is InChI=1S/C29H27F3N6O/c1-20-5-6-22(16-21(20)7-10-25-18-34-27(35-25)4-3-11-33)28(39)36-24-9-8-23(26(17-24)29(30,31)32)19-38-14-12-37(2)13-15-38/h3-6,8-9,16-18H,12-15,19H2,1-2H3,(H,34,35)(H,36,39)/b4-3-. The van der Waals surface area contributed by atoms with Crippen molar-refractivity contribution in [2.24, 2.45) is 0 Å². The smallest absolute Gasteiger partial charge is 0.332 e. The highest BCUT2D eigenvalue weighted by molar-refractivity contribution is 6.04. The molecular weight excluding hydrogens is 505 g/mol. The number of H-pyrrole nitrogens is 1. The Morgan fingerprint density at radius 3 is 2.64 bits per heavy atom. The van der Waals surface area contributed by atoms with Gasteiger partial charge in [-0.25, -0.2) is 4.98 Å². The van der Waals surface area contributed by atoms with Gasteiger partial charge in [0.1, 0.15) is 11.5 Å². The lowest BCUT2D eigenvalue weighted by Gasteiger charge is -2.33. The van der Waals surface area contributed by atoms with Crippen molar-refractivity contribution in [2.75, 3.05) is 38.5 Å². The van der Waals surface area contributed by atoms with Crippen LogP contribution < -0.4 is 5.32 Å². The largest absolute Gasteiger partial charge is 0.416 e. The molecule has 1 aromatic heterocycles. The van der Waals surface area contributed by atoms with Gasteiger partial charge in [-0.15, -0.1) is 0 Å². The number of benzene rings is 2. The minimum absolute atomic E-state index is 0.0677. The van der Waals surface area contributed by atoms with Crippen molar-refractivity contribution < 1.29 is 18.0 Å². The first kappa shape index (κ1) is 27.6. The molecule has 1 amide bonds. The van der Waals surface area contributed by atoms with Gasteiger partial charge in [0, 0.05) is 55.6 Å². The predicted octanol–water partition coefficient (Wildman–Crippen LogP) is 4.67.